The normalized spacial score (nSPS) is 20.8. The summed E-state index contributed by atoms with van der Waals surface area (Å²) in [7, 11) is 1.70. The Balaban J connectivity index is 1.12. The van der Waals surface area contributed by atoms with Crippen LogP contribution in [0.5, 0.6) is 5.75 Å². The molecule has 2 N–H and O–H groups in total. The predicted molar refractivity (Wildman–Crippen MR) is 147 cm³/mol. The van der Waals surface area contributed by atoms with Gasteiger partial charge in [-0.15, -0.1) is 0 Å². The molecule has 4 heterocycles. The minimum absolute atomic E-state index is 0.0627. The highest BCUT2D eigenvalue weighted by Crippen LogP contribution is 2.33. The molecule has 2 fully saturated rings. The lowest BCUT2D eigenvalue weighted by molar-refractivity contribution is -0.204. The van der Waals surface area contributed by atoms with Crippen LogP contribution in [0.2, 0.25) is 0 Å². The minimum atomic E-state index is -1.01. The van der Waals surface area contributed by atoms with E-state index in [2.05, 4.69) is 5.32 Å². The molecule has 2 atom stereocenters. The van der Waals surface area contributed by atoms with E-state index in [1.54, 1.807) is 13.2 Å². The summed E-state index contributed by atoms with van der Waals surface area (Å²) in [6.45, 7) is 5.71. The number of aromatic nitrogens is 1. The first kappa shape index (κ1) is 28.7. The van der Waals surface area contributed by atoms with Crippen LogP contribution in [-0.4, -0.2) is 79.2 Å². The molecular formula is C30H40FN3O6. The number of likely N-dealkylation sites (tertiary alicyclic amines) is 1. The molecule has 10 heteroatoms. The molecule has 0 aliphatic carbocycles. The van der Waals surface area contributed by atoms with Crippen molar-refractivity contribution in [1.82, 2.24) is 9.88 Å². The van der Waals surface area contributed by atoms with Crippen molar-refractivity contribution in [3.05, 3.63) is 52.5 Å². The second-order valence-corrected chi connectivity index (χ2v) is 11.2. The smallest absolute Gasteiger partial charge is 0.325 e. The van der Waals surface area contributed by atoms with Crippen LogP contribution in [0.1, 0.15) is 61.0 Å². The number of nitrogens with one attached hydrogen (secondary N) is 1. The number of halogens is 1. The lowest BCUT2D eigenvalue weighted by atomic mass is 9.98. The molecule has 0 saturated carbocycles. The van der Waals surface area contributed by atoms with Crippen molar-refractivity contribution in [2.45, 2.75) is 69.8 Å². The third-order valence-corrected chi connectivity index (χ3v) is 8.00. The van der Waals surface area contributed by atoms with Gasteiger partial charge in [0.1, 0.15) is 29.0 Å². The van der Waals surface area contributed by atoms with Gasteiger partial charge in [0.05, 0.1) is 33.0 Å². The topological polar surface area (TPSA) is 102 Å². The zero-order valence-corrected chi connectivity index (χ0v) is 23.4. The fourth-order valence-electron chi connectivity index (χ4n) is 5.71. The fraction of sp³-hybridized carbons (Fsp3) is 0.600. The van der Waals surface area contributed by atoms with E-state index >= 15 is 0 Å². The largest absolute Gasteiger partial charge is 0.496 e. The lowest BCUT2D eigenvalue weighted by Crippen LogP contribution is -2.49. The van der Waals surface area contributed by atoms with Crippen LogP contribution in [0.25, 0.3) is 0 Å². The molecular weight excluding hydrogens is 517 g/mol. The lowest BCUT2D eigenvalue weighted by Gasteiger charge is -2.38. The van der Waals surface area contributed by atoms with Crippen molar-refractivity contribution in [1.29, 1.82) is 0 Å². The van der Waals surface area contributed by atoms with E-state index in [0.29, 0.717) is 44.0 Å². The molecule has 9 nitrogen and oxygen atoms in total. The van der Waals surface area contributed by atoms with Crippen molar-refractivity contribution in [2.75, 3.05) is 51.9 Å². The number of methoxy groups -OCH3 is 1. The number of unbranched alkanes of at least 4 members (excludes halogenated alkanes) is 1. The number of carbonyl (C=O) groups is 1. The van der Waals surface area contributed by atoms with Gasteiger partial charge in [0.15, 0.2) is 0 Å². The van der Waals surface area contributed by atoms with E-state index in [9.17, 15) is 14.3 Å². The Bertz CT molecular complexity index is 1170. The third-order valence-electron chi connectivity index (χ3n) is 8.00. The number of fused-ring (bicyclic) bond motifs is 1. The summed E-state index contributed by atoms with van der Waals surface area (Å²) in [5.41, 5.74) is 2.88. The molecule has 3 aliphatic rings. The molecule has 1 aromatic heterocycles. The Labute approximate surface area is 235 Å². The van der Waals surface area contributed by atoms with E-state index in [1.165, 1.54) is 12.1 Å². The Morgan fingerprint density at radius 3 is 2.92 bits per heavy atom. The number of benzene rings is 1. The standard InChI is InChI=1S/C30H40FN3O6/c1-30(18-38-19-30)40-17-20-8-9-21(31)14-25(20)27(29(35)36)34-12-10-23(16-34)39-13-4-3-6-22-15-26(37-2)24-7-5-11-32-28(24)33-22/h8-9,14-15,23,27H,3-7,10-13,16-19H2,1-2H3,(H,32,33)(H,35,36)/t23-,27-/m1/s1. The van der Waals surface area contributed by atoms with Crippen LogP contribution in [-0.2, 0) is 38.5 Å². The summed E-state index contributed by atoms with van der Waals surface area (Å²) in [6, 6.07) is 5.37. The van der Waals surface area contributed by atoms with Crippen molar-refractivity contribution in [3.8, 4) is 5.75 Å². The summed E-state index contributed by atoms with van der Waals surface area (Å²) >= 11 is 0. The van der Waals surface area contributed by atoms with Crippen LogP contribution in [0.4, 0.5) is 10.2 Å². The Kier molecular flexibility index (Phi) is 9.20. The predicted octanol–water partition coefficient (Wildman–Crippen LogP) is 4.13. The number of rotatable bonds is 13. The number of carboxylic acids is 1. The van der Waals surface area contributed by atoms with E-state index < -0.39 is 23.4 Å². The second kappa shape index (κ2) is 12.8. The van der Waals surface area contributed by atoms with Gasteiger partial charge in [-0.05, 0) is 68.7 Å². The maximum Gasteiger partial charge on any atom is 0.325 e. The number of carboxylic acid groups (broad SMARTS) is 1. The molecule has 218 valence electrons. The Morgan fingerprint density at radius 2 is 2.17 bits per heavy atom. The van der Waals surface area contributed by atoms with Crippen molar-refractivity contribution in [2.24, 2.45) is 0 Å². The van der Waals surface area contributed by atoms with Crippen molar-refractivity contribution < 1.29 is 33.2 Å². The van der Waals surface area contributed by atoms with E-state index in [4.69, 9.17) is 23.9 Å². The molecule has 1 aromatic carbocycles. The first-order valence-electron chi connectivity index (χ1n) is 14.2. The summed E-state index contributed by atoms with van der Waals surface area (Å²) in [5.74, 6) is 0.377. The molecule has 0 spiro atoms. The number of pyridine rings is 1. The average molecular weight is 558 g/mol. The van der Waals surface area contributed by atoms with Gasteiger partial charge in [-0.1, -0.05) is 6.07 Å². The number of anilines is 1. The van der Waals surface area contributed by atoms with Crippen molar-refractivity contribution in [3.63, 3.8) is 0 Å². The number of aryl methyl sites for hydroxylation is 1. The Morgan fingerprint density at radius 1 is 1.32 bits per heavy atom. The molecule has 2 saturated heterocycles. The highest BCUT2D eigenvalue weighted by Gasteiger charge is 2.37. The van der Waals surface area contributed by atoms with Crippen LogP contribution in [0, 0.1) is 5.82 Å². The Hall–Kier alpha value is -2.79. The summed E-state index contributed by atoms with van der Waals surface area (Å²) in [5, 5.41) is 13.5. The molecule has 0 amide bonds. The first-order chi connectivity index (χ1) is 19.3. The monoisotopic (exact) mass is 557 g/mol. The first-order valence-corrected chi connectivity index (χ1v) is 14.2. The fourth-order valence-corrected chi connectivity index (χ4v) is 5.71. The van der Waals surface area contributed by atoms with Crippen molar-refractivity contribution >= 4 is 11.8 Å². The maximum atomic E-state index is 14.3. The second-order valence-electron chi connectivity index (χ2n) is 11.2. The summed E-state index contributed by atoms with van der Waals surface area (Å²) < 4.78 is 37.2. The van der Waals surface area contributed by atoms with Crippen LogP contribution >= 0.6 is 0 Å². The highest BCUT2D eigenvalue weighted by atomic mass is 19.1. The van der Waals surface area contributed by atoms with Crippen LogP contribution in [0.3, 0.4) is 0 Å². The van der Waals surface area contributed by atoms with E-state index in [-0.39, 0.29) is 12.7 Å². The number of hydrogen-bond acceptors (Lipinski definition) is 8. The molecule has 0 bridgehead atoms. The number of aliphatic carboxylic acids is 1. The summed E-state index contributed by atoms with van der Waals surface area (Å²) in [4.78, 5) is 19.1. The van der Waals surface area contributed by atoms with Gasteiger partial charge >= 0.3 is 5.97 Å². The zero-order chi connectivity index (χ0) is 28.1. The van der Waals surface area contributed by atoms with Gasteiger partial charge in [-0.25, -0.2) is 9.37 Å². The minimum Gasteiger partial charge on any atom is -0.496 e. The van der Waals surface area contributed by atoms with E-state index in [0.717, 1.165) is 67.9 Å². The van der Waals surface area contributed by atoms with Crippen LogP contribution < -0.4 is 10.1 Å². The third kappa shape index (κ3) is 6.74. The van der Waals surface area contributed by atoms with Gasteiger partial charge in [0.25, 0.3) is 0 Å². The molecule has 2 aromatic rings. The number of nitrogens with zero attached hydrogens (tertiary/aromatic N) is 2. The van der Waals surface area contributed by atoms with Crippen LogP contribution in [0.15, 0.2) is 24.3 Å². The van der Waals surface area contributed by atoms with Gasteiger partial charge in [0.2, 0.25) is 0 Å². The van der Waals surface area contributed by atoms with Gasteiger partial charge in [-0.2, -0.15) is 0 Å². The van der Waals surface area contributed by atoms with E-state index in [1.807, 2.05) is 17.9 Å². The maximum absolute atomic E-state index is 14.3. The molecule has 40 heavy (non-hydrogen) atoms. The van der Waals surface area contributed by atoms with Gasteiger partial charge in [0, 0.05) is 43.6 Å². The summed E-state index contributed by atoms with van der Waals surface area (Å²) in [6.07, 6.45) is 5.38. The quantitative estimate of drug-likeness (QED) is 0.352. The van der Waals surface area contributed by atoms with Gasteiger partial charge in [-0.3, -0.25) is 9.69 Å². The molecule has 3 aliphatic heterocycles. The number of ether oxygens (including phenoxy) is 4. The molecule has 5 rings (SSSR count). The number of hydrogen-bond donors (Lipinski definition) is 2. The average Bonchev–Trinajstić information content (AvgIpc) is 3.39. The highest BCUT2D eigenvalue weighted by molar-refractivity contribution is 5.76. The zero-order valence-electron chi connectivity index (χ0n) is 23.4. The van der Waals surface area contributed by atoms with Gasteiger partial charge < -0.3 is 29.4 Å². The molecule has 0 radical (unpaired) electrons. The molecule has 0 unspecified atom stereocenters. The SMILES string of the molecule is COc1cc(CCCCO[C@@H]2CCN([C@@H](C(=O)O)c3cc(F)ccc3COC3(C)COC3)C2)nc2c1CCCN2.